The lowest BCUT2D eigenvalue weighted by Gasteiger charge is -2.35. The molecule has 0 bridgehead atoms. The van der Waals surface area contributed by atoms with Gasteiger partial charge < -0.3 is 20.3 Å². The van der Waals surface area contributed by atoms with E-state index in [2.05, 4.69) is 10.6 Å². The minimum atomic E-state index is -0.838. The van der Waals surface area contributed by atoms with Crippen molar-refractivity contribution < 1.29 is 14.3 Å². The number of benzene rings is 1. The van der Waals surface area contributed by atoms with Crippen LogP contribution in [0.4, 0.5) is 5.69 Å². The van der Waals surface area contributed by atoms with Gasteiger partial charge in [-0.15, -0.1) is 0 Å². The Balaban J connectivity index is 1.68. The van der Waals surface area contributed by atoms with Crippen LogP contribution >= 0.6 is 11.6 Å². The summed E-state index contributed by atoms with van der Waals surface area (Å²) in [6.07, 6.45) is 1.79. The smallest absolute Gasteiger partial charge is 0.252 e. The number of carbonyl (C=O) groups excluding carboxylic acids is 2. The molecular formula is C17H22ClN3O3. The van der Waals surface area contributed by atoms with E-state index >= 15 is 0 Å². The Morgan fingerprint density at radius 2 is 2.17 bits per heavy atom. The summed E-state index contributed by atoms with van der Waals surface area (Å²) in [7, 11) is 1.56. The van der Waals surface area contributed by atoms with E-state index in [1.165, 1.54) is 0 Å². The molecule has 0 saturated carbocycles. The van der Waals surface area contributed by atoms with E-state index in [-0.39, 0.29) is 11.8 Å². The number of nitrogens with zero attached hydrogens (tertiary/aromatic N) is 1. The minimum Gasteiger partial charge on any atom is -0.368 e. The van der Waals surface area contributed by atoms with Crippen LogP contribution in [0, 0.1) is 0 Å². The van der Waals surface area contributed by atoms with E-state index in [0.29, 0.717) is 30.8 Å². The highest BCUT2D eigenvalue weighted by Gasteiger charge is 2.43. The molecule has 2 heterocycles. The van der Waals surface area contributed by atoms with Crippen molar-refractivity contribution in [3.8, 4) is 0 Å². The average Bonchev–Trinajstić information content (AvgIpc) is 2.96. The number of amides is 2. The predicted octanol–water partition coefficient (Wildman–Crippen LogP) is 1.33. The molecule has 2 amide bonds. The second-order valence-electron chi connectivity index (χ2n) is 6.23. The number of nitrogens with one attached hydrogen (secondary N) is 2. The van der Waals surface area contributed by atoms with Gasteiger partial charge in [0.2, 0.25) is 5.91 Å². The molecule has 2 aliphatic rings. The Kier molecular flexibility index (Phi) is 5.08. The average molecular weight is 352 g/mol. The normalized spacial score (nSPS) is 23.3. The zero-order valence-electron chi connectivity index (χ0n) is 13.7. The third-order valence-corrected chi connectivity index (χ3v) is 5.08. The molecule has 2 fully saturated rings. The third kappa shape index (κ3) is 3.27. The first-order chi connectivity index (χ1) is 11.6. The zero-order chi connectivity index (χ0) is 17.2. The maximum atomic E-state index is 12.7. The molecule has 6 nitrogen and oxygen atoms in total. The monoisotopic (exact) mass is 351 g/mol. The van der Waals surface area contributed by atoms with Crippen molar-refractivity contribution in [1.82, 2.24) is 10.6 Å². The molecule has 2 aliphatic heterocycles. The maximum absolute atomic E-state index is 12.7. The number of piperidine rings is 1. The lowest BCUT2D eigenvalue weighted by molar-refractivity contribution is -0.148. The number of rotatable bonds is 4. The highest BCUT2D eigenvalue weighted by Crippen LogP contribution is 2.26. The first-order valence-electron chi connectivity index (χ1n) is 8.19. The van der Waals surface area contributed by atoms with Crippen molar-refractivity contribution in [1.29, 1.82) is 0 Å². The molecule has 0 aromatic heterocycles. The standard InChI is InChI=1S/C17H22ClN3O3/c1-24-17(6-8-19-9-7-17)16(23)20-14-5-10-21(15(14)22)13-4-2-3-12(18)11-13/h2-4,11,14,19H,5-10H2,1H3,(H,20,23). The lowest BCUT2D eigenvalue weighted by Crippen LogP contribution is -2.57. The molecule has 3 rings (SSSR count). The quantitative estimate of drug-likeness (QED) is 0.858. The summed E-state index contributed by atoms with van der Waals surface area (Å²) in [6, 6.07) is 6.67. The van der Waals surface area contributed by atoms with E-state index in [4.69, 9.17) is 16.3 Å². The summed E-state index contributed by atoms with van der Waals surface area (Å²) in [5.41, 5.74) is -0.0813. The van der Waals surface area contributed by atoms with Crippen LogP contribution in [0.3, 0.4) is 0 Å². The van der Waals surface area contributed by atoms with Gasteiger partial charge in [0, 0.05) is 24.4 Å². The second-order valence-corrected chi connectivity index (χ2v) is 6.67. The number of ether oxygens (including phenoxy) is 1. The van der Waals surface area contributed by atoms with E-state index in [9.17, 15) is 9.59 Å². The van der Waals surface area contributed by atoms with Crippen molar-refractivity contribution in [3.05, 3.63) is 29.3 Å². The van der Waals surface area contributed by atoms with Gasteiger partial charge in [-0.1, -0.05) is 17.7 Å². The number of hydrogen-bond acceptors (Lipinski definition) is 4. The van der Waals surface area contributed by atoms with E-state index < -0.39 is 11.6 Å². The molecule has 2 N–H and O–H groups in total. The highest BCUT2D eigenvalue weighted by molar-refractivity contribution is 6.31. The van der Waals surface area contributed by atoms with Crippen LogP contribution in [-0.2, 0) is 14.3 Å². The van der Waals surface area contributed by atoms with Crippen LogP contribution < -0.4 is 15.5 Å². The summed E-state index contributed by atoms with van der Waals surface area (Å²) in [5.74, 6) is -0.302. The molecule has 24 heavy (non-hydrogen) atoms. The van der Waals surface area contributed by atoms with Crippen LogP contribution in [0.2, 0.25) is 5.02 Å². The van der Waals surface area contributed by atoms with Gasteiger partial charge in [0.1, 0.15) is 11.6 Å². The van der Waals surface area contributed by atoms with Gasteiger partial charge >= 0.3 is 0 Å². The summed E-state index contributed by atoms with van der Waals surface area (Å²) in [4.78, 5) is 27.0. The molecule has 2 saturated heterocycles. The number of anilines is 1. The van der Waals surface area contributed by atoms with Crippen LogP contribution in [0.5, 0.6) is 0 Å². The van der Waals surface area contributed by atoms with Gasteiger partial charge in [0.05, 0.1) is 0 Å². The Bertz CT molecular complexity index is 631. The van der Waals surface area contributed by atoms with Gasteiger partial charge in [-0.05, 0) is 50.6 Å². The third-order valence-electron chi connectivity index (χ3n) is 4.85. The van der Waals surface area contributed by atoms with Crippen LogP contribution in [0.1, 0.15) is 19.3 Å². The predicted molar refractivity (Wildman–Crippen MR) is 92.2 cm³/mol. The van der Waals surface area contributed by atoms with Crippen molar-refractivity contribution in [2.45, 2.75) is 30.9 Å². The molecule has 0 aliphatic carbocycles. The molecule has 130 valence electrons. The summed E-state index contributed by atoms with van der Waals surface area (Å²) in [5, 5.41) is 6.69. The van der Waals surface area contributed by atoms with Gasteiger partial charge in [0.25, 0.3) is 5.91 Å². The fraction of sp³-hybridized carbons (Fsp3) is 0.529. The summed E-state index contributed by atoms with van der Waals surface area (Å²) in [6.45, 7) is 2.02. The number of hydrogen-bond donors (Lipinski definition) is 2. The lowest BCUT2D eigenvalue weighted by atomic mass is 9.90. The Hall–Kier alpha value is -1.63. The fourth-order valence-corrected chi connectivity index (χ4v) is 3.54. The minimum absolute atomic E-state index is 0.106. The largest absolute Gasteiger partial charge is 0.368 e. The highest BCUT2D eigenvalue weighted by atomic mass is 35.5. The van der Waals surface area contributed by atoms with Crippen LogP contribution in [-0.4, -0.2) is 50.2 Å². The molecule has 1 aromatic rings. The topological polar surface area (TPSA) is 70.7 Å². The van der Waals surface area contributed by atoms with Crippen LogP contribution in [0.15, 0.2) is 24.3 Å². The molecule has 1 aromatic carbocycles. The SMILES string of the molecule is COC1(C(=O)NC2CCN(c3cccc(Cl)c3)C2=O)CCNCC1. The van der Waals surface area contributed by atoms with Gasteiger partial charge in [-0.2, -0.15) is 0 Å². The van der Waals surface area contributed by atoms with Crippen LogP contribution in [0.25, 0.3) is 0 Å². The number of methoxy groups -OCH3 is 1. The molecule has 0 radical (unpaired) electrons. The first kappa shape index (κ1) is 17.2. The van der Waals surface area contributed by atoms with Crippen molar-refractivity contribution in [2.24, 2.45) is 0 Å². The summed E-state index contributed by atoms with van der Waals surface area (Å²) < 4.78 is 5.52. The fourth-order valence-electron chi connectivity index (χ4n) is 3.36. The Morgan fingerprint density at radius 3 is 2.83 bits per heavy atom. The van der Waals surface area contributed by atoms with E-state index in [1.807, 2.05) is 12.1 Å². The van der Waals surface area contributed by atoms with Gasteiger partial charge in [-0.3, -0.25) is 9.59 Å². The number of carbonyl (C=O) groups is 2. The molecule has 1 unspecified atom stereocenters. The molecule has 1 atom stereocenters. The Morgan fingerprint density at radius 1 is 1.42 bits per heavy atom. The molecule has 7 heteroatoms. The van der Waals surface area contributed by atoms with E-state index in [0.717, 1.165) is 18.8 Å². The van der Waals surface area contributed by atoms with Crippen molar-refractivity contribution >= 4 is 29.1 Å². The number of halogens is 1. The first-order valence-corrected chi connectivity index (χ1v) is 8.57. The molecule has 0 spiro atoms. The second kappa shape index (κ2) is 7.09. The van der Waals surface area contributed by atoms with Gasteiger partial charge in [-0.25, -0.2) is 0 Å². The zero-order valence-corrected chi connectivity index (χ0v) is 14.4. The molecular weight excluding hydrogens is 330 g/mol. The van der Waals surface area contributed by atoms with E-state index in [1.54, 1.807) is 24.1 Å². The van der Waals surface area contributed by atoms with Crippen molar-refractivity contribution in [3.63, 3.8) is 0 Å². The van der Waals surface area contributed by atoms with Gasteiger partial charge in [0.15, 0.2) is 0 Å². The van der Waals surface area contributed by atoms with Crippen molar-refractivity contribution in [2.75, 3.05) is 31.6 Å². The Labute approximate surface area is 146 Å². The maximum Gasteiger partial charge on any atom is 0.252 e. The summed E-state index contributed by atoms with van der Waals surface area (Å²) >= 11 is 6.00.